The largest absolute Gasteiger partial charge is 2.00 e. The van der Waals surface area contributed by atoms with Crippen LogP contribution in [0.2, 0.25) is 0 Å². The van der Waals surface area contributed by atoms with Crippen LogP contribution in [0.15, 0.2) is 0 Å². The monoisotopic (exact) mass is 594 g/mol. The molecule has 8 bridgehead atoms. The minimum Gasteiger partial charge on any atom is -1.00 e. The molecule has 0 radical (unpaired) electrons. The molecule has 9 aliphatic rings. The van der Waals surface area contributed by atoms with Crippen LogP contribution >= 0.6 is 0 Å². The molecule has 4 saturated carbocycles. The Morgan fingerprint density at radius 2 is 0.366 bits per heavy atom. The Balaban J connectivity index is 0.00000110. The van der Waals surface area contributed by atoms with Crippen molar-refractivity contribution in [1.82, 2.24) is 42.5 Å². The SMILES string of the molecule is C1CCC2C3NC(NC4NC(NC5NC(NC6NC(N3)C3CCCCC63)C3CCCCC53)C3CCCCC43)C2C1.[Ca+2].[H-].[H-]. The second-order valence-corrected chi connectivity index (χ2v) is 15.6. The van der Waals surface area contributed by atoms with E-state index in [0.29, 0.717) is 49.3 Å². The quantitative estimate of drug-likeness (QED) is 0.203. The molecule has 0 aromatic carbocycles. The van der Waals surface area contributed by atoms with Gasteiger partial charge >= 0.3 is 37.7 Å². The smallest absolute Gasteiger partial charge is 1.00 e. The zero-order valence-corrected chi connectivity index (χ0v) is 27.5. The number of fused-ring (bicyclic) bond motifs is 20. The fourth-order valence-electron chi connectivity index (χ4n) is 12.0. The van der Waals surface area contributed by atoms with Crippen LogP contribution in [0.5, 0.6) is 0 Å². The van der Waals surface area contributed by atoms with Crippen molar-refractivity contribution < 1.29 is 2.85 Å². The Labute approximate surface area is 280 Å². The number of hydrogen-bond donors (Lipinski definition) is 8. The molecule has 0 aromatic rings. The first kappa shape index (κ1) is 29.3. The van der Waals surface area contributed by atoms with Gasteiger partial charge in [0, 0.05) is 0 Å². The van der Waals surface area contributed by atoms with E-state index in [-0.39, 0.29) is 40.6 Å². The van der Waals surface area contributed by atoms with Gasteiger partial charge in [0.2, 0.25) is 0 Å². The summed E-state index contributed by atoms with van der Waals surface area (Å²) in [6.45, 7) is 0. The second-order valence-electron chi connectivity index (χ2n) is 15.6. The minimum absolute atomic E-state index is 0. The molecular formula is C32H58CaN8. The van der Waals surface area contributed by atoms with E-state index in [2.05, 4.69) is 42.5 Å². The molecule has 4 aliphatic carbocycles. The van der Waals surface area contributed by atoms with E-state index in [0.717, 1.165) is 47.3 Å². The normalized spacial score (nSPS) is 56.2. The molecule has 0 amide bonds. The van der Waals surface area contributed by atoms with Gasteiger partial charge in [0.1, 0.15) is 0 Å². The summed E-state index contributed by atoms with van der Waals surface area (Å²) in [6.07, 6.45) is 25.6. The topological polar surface area (TPSA) is 96.2 Å². The summed E-state index contributed by atoms with van der Waals surface area (Å²) in [7, 11) is 0. The Bertz CT molecular complexity index is 728. The molecule has 5 saturated heterocycles. The Kier molecular flexibility index (Phi) is 8.79. The maximum atomic E-state index is 4.26. The van der Waals surface area contributed by atoms with Gasteiger partial charge in [0.25, 0.3) is 0 Å². The van der Waals surface area contributed by atoms with Crippen molar-refractivity contribution in [3.63, 3.8) is 0 Å². The fraction of sp³-hybridized carbons (Fsp3) is 1.00. The van der Waals surface area contributed by atoms with Gasteiger partial charge in [-0.1, -0.05) is 51.4 Å². The zero-order chi connectivity index (χ0) is 26.2. The van der Waals surface area contributed by atoms with Crippen molar-refractivity contribution in [3.8, 4) is 0 Å². The van der Waals surface area contributed by atoms with Crippen LogP contribution in [0, 0.1) is 47.3 Å². The first-order valence-corrected chi connectivity index (χ1v) is 17.9. The molecule has 5 aliphatic heterocycles. The third kappa shape index (κ3) is 5.23. The molecular weight excluding hydrogens is 536 g/mol. The fourth-order valence-corrected chi connectivity index (χ4v) is 12.0. The van der Waals surface area contributed by atoms with E-state index in [9.17, 15) is 0 Å². The van der Waals surface area contributed by atoms with Crippen molar-refractivity contribution in [2.45, 2.75) is 152 Å². The van der Waals surface area contributed by atoms with E-state index < -0.39 is 0 Å². The van der Waals surface area contributed by atoms with Crippen molar-refractivity contribution in [2.24, 2.45) is 47.3 Å². The van der Waals surface area contributed by atoms with Gasteiger partial charge in [-0.25, -0.2) is 0 Å². The van der Waals surface area contributed by atoms with Gasteiger partial charge in [0.05, 0.1) is 49.3 Å². The summed E-state index contributed by atoms with van der Waals surface area (Å²) < 4.78 is 0. The van der Waals surface area contributed by atoms with Crippen LogP contribution in [-0.2, 0) is 0 Å². The molecule has 228 valence electrons. The molecule has 8 N–H and O–H groups in total. The van der Waals surface area contributed by atoms with E-state index in [4.69, 9.17) is 0 Å². The van der Waals surface area contributed by atoms with Gasteiger partial charge in [-0.3, -0.25) is 42.5 Å². The van der Waals surface area contributed by atoms with Gasteiger partial charge in [-0.15, -0.1) is 0 Å². The number of rotatable bonds is 0. The summed E-state index contributed by atoms with van der Waals surface area (Å²) in [5, 5.41) is 33.8. The molecule has 5 heterocycles. The summed E-state index contributed by atoms with van der Waals surface area (Å²) in [5.41, 5.74) is 0. The number of hydrogen-bond acceptors (Lipinski definition) is 8. The van der Waals surface area contributed by atoms with Crippen molar-refractivity contribution >= 4 is 37.7 Å². The molecule has 9 rings (SSSR count). The van der Waals surface area contributed by atoms with E-state index in [1.165, 1.54) is 103 Å². The van der Waals surface area contributed by atoms with Gasteiger partial charge in [0.15, 0.2) is 0 Å². The average Bonchev–Trinajstić information content (AvgIpc) is 3.73. The maximum absolute atomic E-state index is 4.26. The van der Waals surface area contributed by atoms with Crippen LogP contribution < -0.4 is 42.5 Å². The van der Waals surface area contributed by atoms with Gasteiger partial charge in [-0.2, -0.15) is 0 Å². The summed E-state index contributed by atoms with van der Waals surface area (Å²) in [4.78, 5) is 0. The first-order valence-electron chi connectivity index (χ1n) is 17.9. The third-order valence-corrected chi connectivity index (χ3v) is 13.8. The third-order valence-electron chi connectivity index (χ3n) is 13.8. The van der Waals surface area contributed by atoms with Crippen molar-refractivity contribution in [3.05, 3.63) is 0 Å². The van der Waals surface area contributed by atoms with Gasteiger partial charge in [-0.05, 0) is 98.7 Å². The Hall–Kier alpha value is 0.940. The van der Waals surface area contributed by atoms with Crippen LogP contribution in [0.1, 0.15) is 106 Å². The molecule has 8 unspecified atom stereocenters. The molecule has 8 atom stereocenters. The molecule has 0 aromatic heterocycles. The van der Waals surface area contributed by atoms with Crippen molar-refractivity contribution in [2.75, 3.05) is 0 Å². The molecule has 9 heteroatoms. The van der Waals surface area contributed by atoms with E-state index in [1.54, 1.807) is 0 Å². The van der Waals surface area contributed by atoms with Crippen LogP contribution in [0.25, 0.3) is 0 Å². The number of nitrogens with one attached hydrogen (secondary N) is 8. The average molecular weight is 595 g/mol. The van der Waals surface area contributed by atoms with Crippen LogP contribution in [0.4, 0.5) is 0 Å². The summed E-state index contributed by atoms with van der Waals surface area (Å²) >= 11 is 0. The summed E-state index contributed by atoms with van der Waals surface area (Å²) in [5.74, 6) is 5.97. The predicted molar refractivity (Wildman–Crippen MR) is 165 cm³/mol. The van der Waals surface area contributed by atoms with Crippen LogP contribution in [-0.4, -0.2) is 87.1 Å². The van der Waals surface area contributed by atoms with Gasteiger partial charge < -0.3 is 2.85 Å². The Morgan fingerprint density at radius 3 is 0.488 bits per heavy atom. The van der Waals surface area contributed by atoms with Crippen molar-refractivity contribution in [1.29, 1.82) is 0 Å². The minimum atomic E-state index is 0. The zero-order valence-electron chi connectivity index (χ0n) is 27.3. The van der Waals surface area contributed by atoms with Crippen LogP contribution in [0.3, 0.4) is 0 Å². The summed E-state index contributed by atoms with van der Waals surface area (Å²) in [6, 6.07) is 0. The molecule has 8 nitrogen and oxygen atoms in total. The van der Waals surface area contributed by atoms with E-state index in [1.807, 2.05) is 0 Å². The maximum Gasteiger partial charge on any atom is 2.00 e. The first-order chi connectivity index (χ1) is 19.8. The predicted octanol–water partition coefficient (Wildman–Crippen LogP) is 2.45. The standard InChI is InChI=1S/C32H56N8.Ca.2H/c1-2-10-18-17(9-1)25-33-26(18)38-28-21-13-5-6-14-22(21)30(35-28)40-32-24-16-8-7-15-23(24)31(36-32)39-29-20-12-4-3-11-19(20)27(34-29)37-25;;;/h17-40H,1-16H2;;;/q;+2;2*-1. The molecule has 41 heavy (non-hydrogen) atoms. The second kappa shape index (κ2) is 12.3. The molecule has 9 fully saturated rings. The molecule has 0 spiro atoms. The Morgan fingerprint density at radius 1 is 0.244 bits per heavy atom. The van der Waals surface area contributed by atoms with E-state index >= 15 is 0 Å².